The van der Waals surface area contributed by atoms with Gasteiger partial charge in [-0.2, -0.15) is 0 Å². The molecule has 0 amide bonds. The number of rotatable bonds is 2. The number of piperazine rings is 1. The van der Waals surface area contributed by atoms with Crippen LogP contribution in [-0.4, -0.2) is 53.1 Å². The van der Waals surface area contributed by atoms with Crippen LogP contribution in [-0.2, 0) is 6.54 Å². The Bertz CT molecular complexity index is 540. The van der Waals surface area contributed by atoms with Crippen LogP contribution in [0.1, 0.15) is 5.82 Å². The summed E-state index contributed by atoms with van der Waals surface area (Å²) in [5.41, 5.74) is 8.56. The summed E-state index contributed by atoms with van der Waals surface area (Å²) in [6, 6.07) is 2.05. The Labute approximate surface area is 106 Å². The summed E-state index contributed by atoms with van der Waals surface area (Å²) < 4.78 is 0. The number of imidazole rings is 1. The molecule has 18 heavy (non-hydrogen) atoms. The Hall–Kier alpha value is -1.66. The van der Waals surface area contributed by atoms with Crippen molar-refractivity contribution in [1.29, 1.82) is 0 Å². The second-order valence-corrected chi connectivity index (χ2v) is 4.71. The fourth-order valence-electron chi connectivity index (χ4n) is 2.35. The van der Waals surface area contributed by atoms with Gasteiger partial charge in [-0.1, -0.05) is 0 Å². The van der Waals surface area contributed by atoms with Crippen molar-refractivity contribution < 1.29 is 0 Å². The lowest BCUT2D eigenvalue weighted by Gasteiger charge is -2.34. The maximum atomic E-state index is 5.62. The van der Waals surface area contributed by atoms with E-state index in [4.69, 9.17) is 5.73 Å². The van der Waals surface area contributed by atoms with Crippen LogP contribution < -0.4 is 10.6 Å². The van der Waals surface area contributed by atoms with E-state index in [1.807, 2.05) is 12.3 Å². The third kappa shape index (κ3) is 1.93. The molecule has 2 aromatic heterocycles. The lowest BCUT2D eigenvalue weighted by atomic mass is 10.2. The molecule has 6 heteroatoms. The molecule has 6 nitrogen and oxygen atoms in total. The highest BCUT2D eigenvalue weighted by Crippen LogP contribution is 2.24. The second kappa shape index (κ2) is 4.55. The Morgan fingerprint density at radius 1 is 1.33 bits per heavy atom. The Kier molecular flexibility index (Phi) is 2.89. The van der Waals surface area contributed by atoms with Crippen molar-refractivity contribution in [1.82, 2.24) is 19.9 Å². The van der Waals surface area contributed by atoms with Crippen molar-refractivity contribution in [2.45, 2.75) is 6.54 Å². The molecule has 0 bridgehead atoms. The van der Waals surface area contributed by atoms with Gasteiger partial charge in [0.05, 0.1) is 12.2 Å². The standard InChI is InChI=1S/C12H18N6/c1-17-4-6-18(7-5-17)9-2-3-14-12-11(9)15-10(8-13)16-12/h2-3H,4-8,13H2,1H3,(H,14,15,16). The molecule has 1 fully saturated rings. The summed E-state index contributed by atoms with van der Waals surface area (Å²) >= 11 is 0. The molecule has 0 spiro atoms. The average molecular weight is 246 g/mol. The largest absolute Gasteiger partial charge is 0.367 e. The highest BCUT2D eigenvalue weighted by Gasteiger charge is 2.17. The minimum atomic E-state index is 0.415. The number of hydrogen-bond acceptors (Lipinski definition) is 5. The summed E-state index contributed by atoms with van der Waals surface area (Å²) in [4.78, 5) is 16.6. The zero-order valence-corrected chi connectivity index (χ0v) is 10.6. The molecule has 0 saturated carbocycles. The van der Waals surface area contributed by atoms with E-state index in [0.717, 1.165) is 43.2 Å². The maximum absolute atomic E-state index is 5.62. The van der Waals surface area contributed by atoms with Crippen LogP contribution >= 0.6 is 0 Å². The van der Waals surface area contributed by atoms with Crippen LogP contribution in [0.3, 0.4) is 0 Å². The lowest BCUT2D eigenvalue weighted by Crippen LogP contribution is -2.44. The molecular formula is C12H18N6. The SMILES string of the molecule is CN1CCN(c2ccnc3nc(CN)[nH]c23)CC1. The van der Waals surface area contributed by atoms with Crippen LogP contribution in [0.4, 0.5) is 5.69 Å². The molecule has 3 heterocycles. The lowest BCUT2D eigenvalue weighted by molar-refractivity contribution is 0.313. The van der Waals surface area contributed by atoms with E-state index < -0.39 is 0 Å². The van der Waals surface area contributed by atoms with Crippen molar-refractivity contribution >= 4 is 16.9 Å². The van der Waals surface area contributed by atoms with Crippen molar-refractivity contribution in [3.8, 4) is 0 Å². The second-order valence-electron chi connectivity index (χ2n) is 4.71. The molecule has 1 aliphatic heterocycles. The summed E-state index contributed by atoms with van der Waals surface area (Å²) in [5.74, 6) is 0.791. The molecule has 1 aliphatic rings. The van der Waals surface area contributed by atoms with E-state index in [1.165, 1.54) is 5.69 Å². The molecular weight excluding hydrogens is 228 g/mol. The topological polar surface area (TPSA) is 74.1 Å². The third-order valence-corrected chi connectivity index (χ3v) is 3.46. The summed E-state index contributed by atoms with van der Waals surface area (Å²) in [7, 11) is 2.15. The Morgan fingerprint density at radius 3 is 2.83 bits per heavy atom. The molecule has 96 valence electrons. The zero-order valence-electron chi connectivity index (χ0n) is 10.6. The van der Waals surface area contributed by atoms with Gasteiger partial charge < -0.3 is 20.5 Å². The van der Waals surface area contributed by atoms with Crippen LogP contribution in [0.25, 0.3) is 11.2 Å². The predicted octanol–water partition coefficient (Wildman–Crippen LogP) is 0.168. The predicted molar refractivity (Wildman–Crippen MR) is 71.5 cm³/mol. The number of hydrogen-bond donors (Lipinski definition) is 2. The average Bonchev–Trinajstić information content (AvgIpc) is 2.82. The normalized spacial score (nSPS) is 17.6. The number of anilines is 1. The quantitative estimate of drug-likeness (QED) is 0.790. The maximum Gasteiger partial charge on any atom is 0.179 e. The van der Waals surface area contributed by atoms with Crippen molar-refractivity contribution in [2.75, 3.05) is 38.1 Å². The molecule has 2 aromatic rings. The van der Waals surface area contributed by atoms with Gasteiger partial charge in [0, 0.05) is 32.4 Å². The van der Waals surface area contributed by atoms with Gasteiger partial charge in [0.25, 0.3) is 0 Å². The van der Waals surface area contributed by atoms with Crippen molar-refractivity contribution in [3.05, 3.63) is 18.1 Å². The molecule has 3 rings (SSSR count). The summed E-state index contributed by atoms with van der Waals surface area (Å²) in [5, 5.41) is 0. The number of aromatic amines is 1. The highest BCUT2D eigenvalue weighted by molar-refractivity contribution is 5.86. The minimum absolute atomic E-state index is 0.415. The minimum Gasteiger partial charge on any atom is -0.367 e. The van der Waals surface area contributed by atoms with Crippen LogP contribution in [0, 0.1) is 0 Å². The summed E-state index contributed by atoms with van der Waals surface area (Å²) in [6.45, 7) is 4.65. The fourth-order valence-corrected chi connectivity index (χ4v) is 2.35. The Morgan fingerprint density at radius 2 is 2.11 bits per heavy atom. The molecule has 0 atom stereocenters. The molecule has 0 aliphatic carbocycles. The van der Waals surface area contributed by atoms with Gasteiger partial charge in [-0.25, -0.2) is 9.97 Å². The first-order valence-corrected chi connectivity index (χ1v) is 6.25. The molecule has 0 aromatic carbocycles. The van der Waals surface area contributed by atoms with Gasteiger partial charge in [-0.15, -0.1) is 0 Å². The Balaban J connectivity index is 1.98. The smallest absolute Gasteiger partial charge is 0.179 e. The fraction of sp³-hybridized carbons (Fsp3) is 0.500. The van der Waals surface area contributed by atoms with E-state index in [2.05, 4.69) is 31.8 Å². The van der Waals surface area contributed by atoms with Crippen molar-refractivity contribution in [2.24, 2.45) is 5.73 Å². The number of likely N-dealkylation sites (N-methyl/N-ethyl adjacent to an activating group) is 1. The van der Waals surface area contributed by atoms with Crippen LogP contribution in [0.2, 0.25) is 0 Å². The van der Waals surface area contributed by atoms with Gasteiger partial charge in [-0.05, 0) is 13.1 Å². The number of nitrogens with one attached hydrogen (secondary N) is 1. The first kappa shape index (κ1) is 11.4. The van der Waals surface area contributed by atoms with Crippen LogP contribution in [0.5, 0.6) is 0 Å². The number of pyridine rings is 1. The van der Waals surface area contributed by atoms with Gasteiger partial charge >= 0.3 is 0 Å². The number of nitrogens with two attached hydrogens (primary N) is 1. The molecule has 0 unspecified atom stereocenters. The number of aromatic nitrogens is 3. The molecule has 0 radical (unpaired) electrons. The summed E-state index contributed by atoms with van der Waals surface area (Å²) in [6.07, 6.45) is 1.82. The van der Waals surface area contributed by atoms with E-state index in [0.29, 0.717) is 6.54 Å². The van der Waals surface area contributed by atoms with Crippen molar-refractivity contribution in [3.63, 3.8) is 0 Å². The van der Waals surface area contributed by atoms with Gasteiger partial charge in [0.1, 0.15) is 11.3 Å². The first-order valence-electron chi connectivity index (χ1n) is 6.25. The molecule has 1 saturated heterocycles. The first-order chi connectivity index (χ1) is 8.78. The van der Waals surface area contributed by atoms with E-state index in [9.17, 15) is 0 Å². The highest BCUT2D eigenvalue weighted by atomic mass is 15.3. The number of H-pyrrole nitrogens is 1. The zero-order chi connectivity index (χ0) is 12.5. The van der Waals surface area contributed by atoms with Gasteiger partial charge in [0.2, 0.25) is 0 Å². The number of nitrogens with zero attached hydrogens (tertiary/aromatic N) is 4. The monoisotopic (exact) mass is 246 g/mol. The van der Waals surface area contributed by atoms with E-state index >= 15 is 0 Å². The van der Waals surface area contributed by atoms with E-state index in [-0.39, 0.29) is 0 Å². The van der Waals surface area contributed by atoms with E-state index in [1.54, 1.807) is 0 Å². The van der Waals surface area contributed by atoms with Gasteiger partial charge in [-0.3, -0.25) is 0 Å². The van der Waals surface area contributed by atoms with Crippen LogP contribution in [0.15, 0.2) is 12.3 Å². The molecule has 3 N–H and O–H groups in total. The third-order valence-electron chi connectivity index (χ3n) is 3.46. The van der Waals surface area contributed by atoms with Gasteiger partial charge in [0.15, 0.2) is 5.65 Å². The number of fused-ring (bicyclic) bond motifs is 1.